The minimum atomic E-state index is 0.518. The van der Waals surface area contributed by atoms with E-state index in [1.165, 1.54) is 34.4 Å². The van der Waals surface area contributed by atoms with Crippen LogP contribution >= 0.6 is 27.7 Å². The first-order valence-corrected chi connectivity index (χ1v) is 7.05. The molecule has 0 saturated heterocycles. The molecule has 0 heterocycles. The Morgan fingerprint density at radius 1 is 1.43 bits per heavy atom. The number of rotatable bonds is 4. The van der Waals surface area contributed by atoms with Gasteiger partial charge in [-0.15, -0.1) is 0 Å². The third-order valence-electron chi connectivity index (χ3n) is 2.87. The second kappa shape index (κ2) is 4.28. The van der Waals surface area contributed by atoms with Crippen LogP contribution in [-0.4, -0.2) is 11.5 Å². The Balaban J connectivity index is 2.14. The topological polar surface area (TPSA) is 0 Å². The van der Waals surface area contributed by atoms with Gasteiger partial charge in [0.05, 0.1) is 0 Å². The molecule has 14 heavy (non-hydrogen) atoms. The highest BCUT2D eigenvalue weighted by atomic mass is 79.9. The van der Waals surface area contributed by atoms with Gasteiger partial charge in [-0.1, -0.05) is 35.0 Å². The SMILES string of the molecule is CCSCC1(c2cccc(Br)c2)CC1. The van der Waals surface area contributed by atoms with Gasteiger partial charge in [0.2, 0.25) is 0 Å². The second-order valence-corrected chi connectivity index (χ2v) is 6.12. The van der Waals surface area contributed by atoms with Gasteiger partial charge in [0.25, 0.3) is 0 Å². The summed E-state index contributed by atoms with van der Waals surface area (Å²) in [6.45, 7) is 2.24. The molecule has 2 rings (SSSR count). The molecule has 0 nitrogen and oxygen atoms in total. The smallest absolute Gasteiger partial charge is 0.0178 e. The van der Waals surface area contributed by atoms with E-state index in [-0.39, 0.29) is 0 Å². The summed E-state index contributed by atoms with van der Waals surface area (Å²) in [7, 11) is 0. The standard InChI is InChI=1S/C12H15BrS/c1-2-14-9-12(6-7-12)10-4-3-5-11(13)8-10/h3-5,8H,2,6-7,9H2,1H3. The van der Waals surface area contributed by atoms with E-state index in [1.54, 1.807) is 0 Å². The van der Waals surface area contributed by atoms with Crippen LogP contribution in [0.15, 0.2) is 28.7 Å². The molecule has 0 atom stereocenters. The van der Waals surface area contributed by atoms with E-state index in [0.29, 0.717) is 5.41 Å². The molecule has 0 aliphatic heterocycles. The van der Waals surface area contributed by atoms with Gasteiger partial charge in [0, 0.05) is 15.6 Å². The molecule has 0 amide bonds. The highest BCUT2D eigenvalue weighted by Crippen LogP contribution is 2.50. The van der Waals surface area contributed by atoms with Crippen molar-refractivity contribution in [3.05, 3.63) is 34.3 Å². The zero-order chi connectivity index (χ0) is 10.0. The van der Waals surface area contributed by atoms with Gasteiger partial charge in [-0.05, 0) is 36.3 Å². The van der Waals surface area contributed by atoms with Crippen LogP contribution in [-0.2, 0) is 5.41 Å². The minimum Gasteiger partial charge on any atom is -0.161 e. The van der Waals surface area contributed by atoms with Crippen LogP contribution in [0.2, 0.25) is 0 Å². The molecule has 1 aliphatic carbocycles. The van der Waals surface area contributed by atoms with E-state index < -0.39 is 0 Å². The molecule has 0 radical (unpaired) electrons. The fourth-order valence-corrected chi connectivity index (χ4v) is 3.23. The van der Waals surface area contributed by atoms with Gasteiger partial charge >= 0.3 is 0 Å². The van der Waals surface area contributed by atoms with Gasteiger partial charge in [0.1, 0.15) is 0 Å². The third-order valence-corrected chi connectivity index (χ3v) is 4.53. The summed E-state index contributed by atoms with van der Waals surface area (Å²) in [6.07, 6.45) is 2.74. The van der Waals surface area contributed by atoms with Gasteiger partial charge in [-0.2, -0.15) is 11.8 Å². The highest BCUT2D eigenvalue weighted by molar-refractivity contribution is 9.10. The Morgan fingerprint density at radius 2 is 2.21 bits per heavy atom. The first kappa shape index (κ1) is 10.6. The number of halogens is 1. The van der Waals surface area contributed by atoms with Gasteiger partial charge in [-0.25, -0.2) is 0 Å². The molecule has 1 aromatic carbocycles. The Labute approximate surface area is 98.6 Å². The average Bonchev–Trinajstić information content (AvgIpc) is 2.96. The minimum absolute atomic E-state index is 0.518. The molecule has 1 aliphatic rings. The van der Waals surface area contributed by atoms with Crippen molar-refractivity contribution in [2.24, 2.45) is 0 Å². The summed E-state index contributed by atoms with van der Waals surface area (Å²) in [5, 5.41) is 0. The molecule has 0 bridgehead atoms. The van der Waals surface area contributed by atoms with Crippen LogP contribution < -0.4 is 0 Å². The lowest BCUT2D eigenvalue weighted by atomic mass is 9.98. The molecule has 0 N–H and O–H groups in total. The predicted octanol–water partition coefficient (Wildman–Crippen LogP) is 4.23. The van der Waals surface area contributed by atoms with E-state index in [1.807, 2.05) is 0 Å². The molecule has 0 unspecified atom stereocenters. The first-order valence-electron chi connectivity index (χ1n) is 5.11. The third kappa shape index (κ3) is 2.17. The van der Waals surface area contributed by atoms with E-state index in [2.05, 4.69) is 58.9 Å². The second-order valence-electron chi connectivity index (χ2n) is 3.93. The maximum atomic E-state index is 3.54. The summed E-state index contributed by atoms with van der Waals surface area (Å²) < 4.78 is 1.21. The van der Waals surface area contributed by atoms with Crippen molar-refractivity contribution in [1.29, 1.82) is 0 Å². The lowest BCUT2D eigenvalue weighted by Crippen LogP contribution is -2.09. The lowest BCUT2D eigenvalue weighted by Gasteiger charge is -2.14. The van der Waals surface area contributed by atoms with Gasteiger partial charge in [0.15, 0.2) is 0 Å². The van der Waals surface area contributed by atoms with Gasteiger partial charge < -0.3 is 0 Å². The fourth-order valence-electron chi connectivity index (χ4n) is 1.78. The molecule has 0 aromatic heterocycles. The Morgan fingerprint density at radius 3 is 2.79 bits per heavy atom. The van der Waals surface area contributed by atoms with E-state index in [9.17, 15) is 0 Å². The maximum absolute atomic E-state index is 3.54. The quantitative estimate of drug-likeness (QED) is 0.789. The average molecular weight is 271 g/mol. The molecule has 2 heteroatoms. The number of hydrogen-bond donors (Lipinski definition) is 0. The molecule has 1 fully saturated rings. The molecular formula is C12H15BrS. The van der Waals surface area contributed by atoms with Crippen molar-refractivity contribution in [2.45, 2.75) is 25.2 Å². The van der Waals surface area contributed by atoms with Crippen molar-refractivity contribution in [3.63, 3.8) is 0 Å². The first-order chi connectivity index (χ1) is 6.77. The summed E-state index contributed by atoms with van der Waals surface area (Å²) in [4.78, 5) is 0. The molecule has 0 spiro atoms. The van der Waals surface area contributed by atoms with E-state index >= 15 is 0 Å². The molecule has 1 saturated carbocycles. The van der Waals surface area contributed by atoms with Crippen molar-refractivity contribution in [2.75, 3.05) is 11.5 Å². The van der Waals surface area contributed by atoms with Crippen LogP contribution in [0.4, 0.5) is 0 Å². The summed E-state index contributed by atoms with van der Waals surface area (Å²) in [5.74, 6) is 2.52. The van der Waals surface area contributed by atoms with Crippen LogP contribution in [0.5, 0.6) is 0 Å². The lowest BCUT2D eigenvalue weighted by molar-refractivity contribution is 0.802. The molecular weight excluding hydrogens is 256 g/mol. The Bertz CT molecular complexity index is 318. The summed E-state index contributed by atoms with van der Waals surface area (Å²) >= 11 is 5.61. The van der Waals surface area contributed by atoms with E-state index in [4.69, 9.17) is 0 Å². The van der Waals surface area contributed by atoms with Crippen molar-refractivity contribution in [1.82, 2.24) is 0 Å². The summed E-state index contributed by atoms with van der Waals surface area (Å²) in [5.41, 5.74) is 2.04. The van der Waals surface area contributed by atoms with Gasteiger partial charge in [-0.3, -0.25) is 0 Å². The molecule has 76 valence electrons. The fraction of sp³-hybridized carbons (Fsp3) is 0.500. The highest BCUT2D eigenvalue weighted by Gasteiger charge is 2.43. The number of thioether (sulfide) groups is 1. The number of benzene rings is 1. The van der Waals surface area contributed by atoms with Crippen molar-refractivity contribution in [3.8, 4) is 0 Å². The number of hydrogen-bond acceptors (Lipinski definition) is 1. The normalized spacial score (nSPS) is 18.1. The summed E-state index contributed by atoms with van der Waals surface area (Å²) in [6, 6.07) is 8.81. The maximum Gasteiger partial charge on any atom is 0.0178 e. The Kier molecular flexibility index (Phi) is 3.23. The van der Waals surface area contributed by atoms with Crippen LogP contribution in [0, 0.1) is 0 Å². The predicted molar refractivity (Wildman–Crippen MR) is 68.1 cm³/mol. The van der Waals surface area contributed by atoms with Crippen LogP contribution in [0.1, 0.15) is 25.3 Å². The Hall–Kier alpha value is 0.0500. The van der Waals surface area contributed by atoms with Crippen molar-refractivity contribution < 1.29 is 0 Å². The monoisotopic (exact) mass is 270 g/mol. The van der Waals surface area contributed by atoms with Crippen LogP contribution in [0.25, 0.3) is 0 Å². The zero-order valence-corrected chi connectivity index (χ0v) is 10.8. The van der Waals surface area contributed by atoms with Crippen molar-refractivity contribution >= 4 is 27.7 Å². The van der Waals surface area contributed by atoms with E-state index in [0.717, 1.165) is 0 Å². The zero-order valence-electron chi connectivity index (χ0n) is 8.42. The molecule has 1 aromatic rings. The largest absolute Gasteiger partial charge is 0.161 e. The van der Waals surface area contributed by atoms with Crippen LogP contribution in [0.3, 0.4) is 0 Å².